The monoisotopic (exact) mass is 371 g/mol. The van der Waals surface area contributed by atoms with Crippen LogP contribution in [0.4, 0.5) is 9.18 Å². The fraction of sp³-hybridized carbons (Fsp3) is 0.588. The van der Waals surface area contributed by atoms with Gasteiger partial charge in [0.15, 0.2) is 0 Å². The van der Waals surface area contributed by atoms with E-state index in [0.29, 0.717) is 25.4 Å². The number of piperidine rings is 1. The summed E-state index contributed by atoms with van der Waals surface area (Å²) in [6.07, 6.45) is 1.07. The van der Waals surface area contributed by atoms with Gasteiger partial charge in [-0.1, -0.05) is 11.6 Å². The molecule has 1 N–H and O–H groups in total. The maximum absolute atomic E-state index is 13.1. The summed E-state index contributed by atoms with van der Waals surface area (Å²) < 4.78 is 24.3. The molecule has 138 valence electrons. The number of likely N-dealkylation sites (tertiary alicyclic amines) is 1. The van der Waals surface area contributed by atoms with E-state index in [2.05, 4.69) is 17.3 Å². The molecule has 0 bridgehead atoms. The van der Waals surface area contributed by atoms with Crippen molar-refractivity contribution in [1.29, 1.82) is 0 Å². The zero-order valence-electron chi connectivity index (χ0n) is 14.2. The highest BCUT2D eigenvalue weighted by atomic mass is 35.5. The number of carbonyl (C=O) groups is 1. The molecule has 25 heavy (non-hydrogen) atoms. The molecule has 2 unspecified atom stereocenters. The van der Waals surface area contributed by atoms with E-state index in [1.165, 1.54) is 18.2 Å². The number of amides is 2. The van der Waals surface area contributed by atoms with E-state index < -0.39 is 5.82 Å². The third kappa shape index (κ3) is 4.54. The summed E-state index contributed by atoms with van der Waals surface area (Å²) in [5.41, 5.74) is 0. The average Bonchev–Trinajstić information content (AvgIpc) is 2.61. The predicted octanol–water partition coefficient (Wildman–Crippen LogP) is 1.97. The van der Waals surface area contributed by atoms with Gasteiger partial charge in [0.2, 0.25) is 0 Å². The van der Waals surface area contributed by atoms with Crippen molar-refractivity contribution in [2.75, 3.05) is 46.4 Å². The first-order chi connectivity index (χ1) is 12.0. The standard InChI is InChI=1S/C17H23ClFN3O3/c1-21-7-9-25-16-4-6-22(11-15(16)21)17(23)20-5-8-24-12-2-3-14(19)13(18)10-12/h2-3,10,15-16H,4-9,11H2,1H3,(H,20,23). The topological polar surface area (TPSA) is 54.0 Å². The molecule has 2 saturated heterocycles. The van der Waals surface area contributed by atoms with Crippen molar-refractivity contribution >= 4 is 17.6 Å². The zero-order valence-corrected chi connectivity index (χ0v) is 15.0. The molecule has 0 radical (unpaired) electrons. The highest BCUT2D eigenvalue weighted by Gasteiger charge is 2.36. The van der Waals surface area contributed by atoms with Crippen LogP contribution in [0, 0.1) is 5.82 Å². The van der Waals surface area contributed by atoms with E-state index in [1.54, 1.807) is 0 Å². The number of fused-ring (bicyclic) bond motifs is 1. The largest absolute Gasteiger partial charge is 0.492 e. The van der Waals surface area contributed by atoms with Crippen molar-refractivity contribution in [3.05, 3.63) is 29.0 Å². The molecule has 2 heterocycles. The molecule has 0 spiro atoms. The van der Waals surface area contributed by atoms with Gasteiger partial charge in [0.25, 0.3) is 0 Å². The summed E-state index contributed by atoms with van der Waals surface area (Å²) in [7, 11) is 2.07. The first-order valence-electron chi connectivity index (χ1n) is 8.47. The average molecular weight is 372 g/mol. The highest BCUT2D eigenvalue weighted by molar-refractivity contribution is 6.30. The number of halogens is 2. The number of ether oxygens (including phenoxy) is 2. The van der Waals surface area contributed by atoms with E-state index >= 15 is 0 Å². The Balaban J connectivity index is 1.41. The Morgan fingerprint density at radius 2 is 2.32 bits per heavy atom. The lowest BCUT2D eigenvalue weighted by molar-refractivity contribution is -0.0881. The second-order valence-corrected chi connectivity index (χ2v) is 6.76. The van der Waals surface area contributed by atoms with Crippen LogP contribution in [0.2, 0.25) is 5.02 Å². The van der Waals surface area contributed by atoms with E-state index in [0.717, 1.165) is 19.6 Å². The molecular formula is C17H23ClFN3O3. The van der Waals surface area contributed by atoms with E-state index in [9.17, 15) is 9.18 Å². The van der Waals surface area contributed by atoms with Crippen LogP contribution in [0.15, 0.2) is 18.2 Å². The molecule has 2 aliphatic rings. The number of benzene rings is 1. The molecule has 3 rings (SSSR count). The second kappa shape index (κ2) is 8.21. The van der Waals surface area contributed by atoms with Crippen LogP contribution in [0.3, 0.4) is 0 Å². The Morgan fingerprint density at radius 1 is 1.48 bits per heavy atom. The smallest absolute Gasteiger partial charge is 0.317 e. The number of hydrogen-bond acceptors (Lipinski definition) is 4. The van der Waals surface area contributed by atoms with Gasteiger partial charge in [0, 0.05) is 25.7 Å². The van der Waals surface area contributed by atoms with Gasteiger partial charge in [-0.25, -0.2) is 9.18 Å². The Morgan fingerprint density at radius 3 is 3.12 bits per heavy atom. The molecule has 1 aromatic carbocycles. The third-order valence-electron chi connectivity index (χ3n) is 4.69. The lowest BCUT2D eigenvalue weighted by atomic mass is 9.99. The lowest BCUT2D eigenvalue weighted by Gasteiger charge is -2.45. The van der Waals surface area contributed by atoms with Crippen molar-refractivity contribution in [1.82, 2.24) is 15.1 Å². The number of likely N-dealkylation sites (N-methyl/N-ethyl adjacent to an activating group) is 1. The minimum Gasteiger partial charge on any atom is -0.492 e. The number of morpholine rings is 1. The summed E-state index contributed by atoms with van der Waals surface area (Å²) in [5.74, 6) is -0.00942. The Labute approximate surface area is 151 Å². The second-order valence-electron chi connectivity index (χ2n) is 6.35. The lowest BCUT2D eigenvalue weighted by Crippen LogP contribution is -2.60. The van der Waals surface area contributed by atoms with Crippen LogP contribution >= 0.6 is 11.6 Å². The number of nitrogens with zero attached hydrogens (tertiary/aromatic N) is 2. The molecule has 2 amide bonds. The summed E-state index contributed by atoms with van der Waals surface area (Å²) in [5, 5.41) is 2.87. The van der Waals surface area contributed by atoms with E-state index in [-0.39, 0.29) is 29.8 Å². The maximum atomic E-state index is 13.1. The first-order valence-corrected chi connectivity index (χ1v) is 8.85. The van der Waals surface area contributed by atoms with Crippen LogP contribution in [-0.2, 0) is 4.74 Å². The quantitative estimate of drug-likeness (QED) is 0.822. The number of nitrogens with one attached hydrogen (secondary N) is 1. The number of rotatable bonds is 4. The summed E-state index contributed by atoms with van der Waals surface area (Å²) in [4.78, 5) is 16.4. The van der Waals surface area contributed by atoms with Crippen molar-refractivity contribution in [3.8, 4) is 5.75 Å². The molecule has 2 fully saturated rings. The van der Waals surface area contributed by atoms with Gasteiger partial charge in [-0.15, -0.1) is 0 Å². The van der Waals surface area contributed by atoms with Gasteiger partial charge in [-0.05, 0) is 25.6 Å². The van der Waals surface area contributed by atoms with Gasteiger partial charge in [-0.3, -0.25) is 4.90 Å². The Bertz CT molecular complexity index is 619. The van der Waals surface area contributed by atoms with Crippen LogP contribution in [-0.4, -0.2) is 74.4 Å². The maximum Gasteiger partial charge on any atom is 0.317 e. The SMILES string of the molecule is CN1CCOC2CCN(C(=O)NCCOc3ccc(F)c(Cl)c3)CC21. The fourth-order valence-corrected chi connectivity index (χ4v) is 3.40. The third-order valence-corrected chi connectivity index (χ3v) is 4.98. The van der Waals surface area contributed by atoms with E-state index in [4.69, 9.17) is 21.1 Å². The summed E-state index contributed by atoms with van der Waals surface area (Å²) in [6.45, 7) is 3.66. The number of urea groups is 1. The van der Waals surface area contributed by atoms with Crippen LogP contribution < -0.4 is 10.1 Å². The summed E-state index contributed by atoms with van der Waals surface area (Å²) >= 11 is 5.70. The van der Waals surface area contributed by atoms with Crippen molar-refractivity contribution < 1.29 is 18.7 Å². The fourth-order valence-electron chi connectivity index (χ4n) is 3.23. The molecule has 2 atom stereocenters. The number of hydrogen-bond donors (Lipinski definition) is 1. The van der Waals surface area contributed by atoms with Gasteiger partial charge >= 0.3 is 6.03 Å². The normalized spacial score (nSPS) is 23.9. The van der Waals surface area contributed by atoms with Gasteiger partial charge < -0.3 is 19.7 Å². The number of carbonyl (C=O) groups excluding carboxylic acids is 1. The molecule has 0 aliphatic carbocycles. The van der Waals surface area contributed by atoms with Crippen LogP contribution in [0.5, 0.6) is 5.75 Å². The molecule has 6 nitrogen and oxygen atoms in total. The van der Waals surface area contributed by atoms with Crippen LogP contribution in [0.1, 0.15) is 6.42 Å². The van der Waals surface area contributed by atoms with Crippen molar-refractivity contribution in [2.24, 2.45) is 0 Å². The van der Waals surface area contributed by atoms with Gasteiger partial charge in [0.1, 0.15) is 18.2 Å². The Hall–Kier alpha value is -1.57. The Kier molecular flexibility index (Phi) is 5.98. The van der Waals surface area contributed by atoms with Crippen LogP contribution in [0.25, 0.3) is 0 Å². The summed E-state index contributed by atoms with van der Waals surface area (Å²) in [6, 6.07) is 4.34. The molecule has 1 aromatic rings. The molecule has 2 aliphatic heterocycles. The van der Waals surface area contributed by atoms with E-state index in [1.807, 2.05) is 4.90 Å². The molecule has 0 saturated carbocycles. The minimum atomic E-state index is -0.484. The van der Waals surface area contributed by atoms with Gasteiger partial charge in [-0.2, -0.15) is 0 Å². The van der Waals surface area contributed by atoms with Crippen molar-refractivity contribution in [3.63, 3.8) is 0 Å². The molecular weight excluding hydrogens is 349 g/mol. The molecule has 0 aromatic heterocycles. The van der Waals surface area contributed by atoms with Gasteiger partial charge in [0.05, 0.1) is 30.3 Å². The van der Waals surface area contributed by atoms with Crippen molar-refractivity contribution in [2.45, 2.75) is 18.6 Å². The first kappa shape index (κ1) is 18.2. The predicted molar refractivity (Wildman–Crippen MR) is 92.7 cm³/mol. The molecule has 8 heteroatoms. The zero-order chi connectivity index (χ0) is 17.8. The minimum absolute atomic E-state index is 0.0169. The highest BCUT2D eigenvalue weighted by Crippen LogP contribution is 2.22.